The fourth-order valence-corrected chi connectivity index (χ4v) is 5.10. The molecule has 1 N–H and O–H groups in total. The number of fused-ring (bicyclic) bond motifs is 1. The fourth-order valence-electron chi connectivity index (χ4n) is 4.93. The summed E-state index contributed by atoms with van der Waals surface area (Å²) in [6.45, 7) is 8.18. The van der Waals surface area contributed by atoms with Crippen molar-refractivity contribution in [3.05, 3.63) is 80.4 Å². The van der Waals surface area contributed by atoms with Crippen LogP contribution >= 0.6 is 11.6 Å². The van der Waals surface area contributed by atoms with Crippen molar-refractivity contribution in [2.24, 2.45) is 0 Å². The van der Waals surface area contributed by atoms with Gasteiger partial charge in [0.1, 0.15) is 6.04 Å². The second-order valence-electron chi connectivity index (χ2n) is 9.25. The van der Waals surface area contributed by atoms with Crippen LogP contribution in [0.15, 0.2) is 47.3 Å². The number of benzene rings is 2. The van der Waals surface area contributed by atoms with Crippen molar-refractivity contribution in [3.63, 3.8) is 0 Å². The summed E-state index contributed by atoms with van der Waals surface area (Å²) < 4.78 is 7.00. The molecule has 2 aromatic heterocycles. The monoisotopic (exact) mass is 507 g/mol. The van der Waals surface area contributed by atoms with Gasteiger partial charge in [-0.15, -0.1) is 5.10 Å². The smallest absolute Gasteiger partial charge is 0.253 e. The van der Waals surface area contributed by atoms with Crippen molar-refractivity contribution < 1.29 is 4.74 Å². The summed E-state index contributed by atoms with van der Waals surface area (Å²) in [6, 6.07) is 13.6. The minimum atomic E-state index is -0.395. The summed E-state index contributed by atoms with van der Waals surface area (Å²) in [5.74, 6) is 0.636. The van der Waals surface area contributed by atoms with Crippen LogP contribution in [0.4, 0.5) is 5.69 Å². The van der Waals surface area contributed by atoms with Gasteiger partial charge >= 0.3 is 0 Å². The Labute approximate surface area is 214 Å². The Hall–Kier alpha value is -3.27. The highest BCUT2D eigenvalue weighted by atomic mass is 35.5. The molecule has 10 heteroatoms. The number of tetrazole rings is 1. The first-order valence-electron chi connectivity index (χ1n) is 12.1. The number of hydrogen-bond acceptors (Lipinski definition) is 7. The lowest BCUT2D eigenvalue weighted by Gasteiger charge is -2.40. The van der Waals surface area contributed by atoms with E-state index in [1.54, 1.807) is 11.8 Å². The van der Waals surface area contributed by atoms with E-state index in [0.29, 0.717) is 24.5 Å². The Balaban J connectivity index is 1.52. The lowest BCUT2D eigenvalue weighted by atomic mass is 10.0. The van der Waals surface area contributed by atoms with Gasteiger partial charge in [0.05, 0.1) is 13.2 Å². The third kappa shape index (κ3) is 4.86. The zero-order chi connectivity index (χ0) is 25.2. The predicted molar refractivity (Wildman–Crippen MR) is 141 cm³/mol. The van der Waals surface area contributed by atoms with Crippen LogP contribution in [0.2, 0.25) is 5.02 Å². The molecule has 5 rings (SSSR count). The van der Waals surface area contributed by atoms with Gasteiger partial charge in [-0.3, -0.25) is 9.69 Å². The van der Waals surface area contributed by atoms with Crippen LogP contribution in [-0.2, 0) is 11.3 Å². The minimum absolute atomic E-state index is 0.134. The van der Waals surface area contributed by atoms with Crippen molar-refractivity contribution in [3.8, 4) is 0 Å². The van der Waals surface area contributed by atoms with Crippen molar-refractivity contribution in [1.29, 1.82) is 0 Å². The van der Waals surface area contributed by atoms with Crippen molar-refractivity contribution in [2.75, 3.05) is 44.8 Å². The molecule has 0 saturated carbocycles. The average Bonchev–Trinajstić information content (AvgIpc) is 3.33. The number of nitrogens with one attached hydrogen (secondary N) is 1. The molecular formula is C26H30ClN7O2. The quantitative estimate of drug-likeness (QED) is 0.410. The van der Waals surface area contributed by atoms with E-state index < -0.39 is 6.04 Å². The maximum atomic E-state index is 13.4. The van der Waals surface area contributed by atoms with E-state index in [-0.39, 0.29) is 5.56 Å². The van der Waals surface area contributed by atoms with Crippen LogP contribution in [0.1, 0.15) is 28.6 Å². The Kier molecular flexibility index (Phi) is 7.04. The number of H-pyrrole nitrogens is 1. The number of aryl methyl sites for hydroxylation is 2. The first kappa shape index (κ1) is 24.4. The van der Waals surface area contributed by atoms with E-state index in [4.69, 9.17) is 16.3 Å². The third-order valence-electron chi connectivity index (χ3n) is 6.83. The van der Waals surface area contributed by atoms with E-state index in [9.17, 15) is 4.79 Å². The molecule has 36 heavy (non-hydrogen) atoms. The molecule has 1 fully saturated rings. The van der Waals surface area contributed by atoms with Crippen LogP contribution in [0, 0.1) is 13.8 Å². The summed E-state index contributed by atoms with van der Waals surface area (Å²) in [7, 11) is 1.65. The second kappa shape index (κ2) is 10.4. The molecular weight excluding hydrogens is 478 g/mol. The van der Waals surface area contributed by atoms with Crippen LogP contribution < -0.4 is 10.5 Å². The zero-order valence-electron chi connectivity index (χ0n) is 20.7. The van der Waals surface area contributed by atoms with Gasteiger partial charge in [-0.05, 0) is 65.6 Å². The number of nitrogens with zero attached hydrogens (tertiary/aromatic N) is 6. The van der Waals surface area contributed by atoms with E-state index in [1.807, 2.05) is 43.3 Å². The molecule has 4 aromatic rings. The Morgan fingerprint density at radius 1 is 1.08 bits per heavy atom. The van der Waals surface area contributed by atoms with Crippen LogP contribution in [0.5, 0.6) is 0 Å². The summed E-state index contributed by atoms with van der Waals surface area (Å²) in [4.78, 5) is 21.1. The molecule has 0 radical (unpaired) electrons. The number of aromatic nitrogens is 5. The number of ether oxygens (including phenoxy) is 1. The van der Waals surface area contributed by atoms with Gasteiger partial charge < -0.3 is 14.6 Å². The molecule has 0 amide bonds. The third-order valence-corrected chi connectivity index (χ3v) is 7.06. The van der Waals surface area contributed by atoms with Gasteiger partial charge in [-0.1, -0.05) is 29.3 Å². The van der Waals surface area contributed by atoms with Gasteiger partial charge in [-0.2, -0.15) is 0 Å². The van der Waals surface area contributed by atoms with Gasteiger partial charge in [-0.25, -0.2) is 4.68 Å². The van der Waals surface area contributed by atoms with Crippen LogP contribution in [0.25, 0.3) is 10.9 Å². The molecule has 3 heterocycles. The van der Waals surface area contributed by atoms with E-state index in [0.717, 1.165) is 53.4 Å². The number of rotatable bonds is 7. The molecule has 1 saturated heterocycles. The SMILES string of the molecule is COCCn1nnnc1[C@H](c1cc2cc(C)ccc2[nH]c1=O)N1CCN(c2cc(Cl)ccc2C)CC1. The molecule has 1 aliphatic heterocycles. The number of aromatic amines is 1. The Morgan fingerprint density at radius 2 is 1.89 bits per heavy atom. The van der Waals surface area contributed by atoms with Gasteiger partial charge in [0.2, 0.25) is 0 Å². The number of methoxy groups -OCH3 is 1. The topological polar surface area (TPSA) is 92.2 Å². The number of piperazine rings is 1. The largest absolute Gasteiger partial charge is 0.383 e. The molecule has 1 atom stereocenters. The highest BCUT2D eigenvalue weighted by molar-refractivity contribution is 6.30. The summed E-state index contributed by atoms with van der Waals surface area (Å²) in [5.41, 5.74) is 4.78. The zero-order valence-corrected chi connectivity index (χ0v) is 21.5. The number of pyridine rings is 1. The van der Waals surface area contributed by atoms with E-state index in [1.165, 1.54) is 5.56 Å². The lowest BCUT2D eigenvalue weighted by molar-refractivity contribution is 0.171. The van der Waals surface area contributed by atoms with Crippen LogP contribution in [-0.4, -0.2) is 70.0 Å². The Bertz CT molecular complexity index is 1430. The lowest BCUT2D eigenvalue weighted by Crippen LogP contribution is -2.49. The average molecular weight is 508 g/mol. The fraction of sp³-hybridized carbons (Fsp3) is 0.385. The van der Waals surface area contributed by atoms with E-state index in [2.05, 4.69) is 43.3 Å². The summed E-state index contributed by atoms with van der Waals surface area (Å²) in [5, 5.41) is 14.2. The van der Waals surface area contributed by atoms with Crippen molar-refractivity contribution >= 4 is 28.2 Å². The predicted octanol–water partition coefficient (Wildman–Crippen LogP) is 3.34. The molecule has 0 bridgehead atoms. The summed E-state index contributed by atoms with van der Waals surface area (Å²) >= 11 is 6.29. The highest BCUT2D eigenvalue weighted by Gasteiger charge is 2.33. The number of halogens is 1. The van der Waals surface area contributed by atoms with Crippen molar-refractivity contribution in [1.82, 2.24) is 30.1 Å². The molecule has 1 aliphatic rings. The van der Waals surface area contributed by atoms with Crippen molar-refractivity contribution in [2.45, 2.75) is 26.4 Å². The molecule has 188 valence electrons. The molecule has 9 nitrogen and oxygen atoms in total. The number of anilines is 1. The first-order chi connectivity index (χ1) is 17.4. The normalized spacial score (nSPS) is 15.5. The number of hydrogen-bond donors (Lipinski definition) is 1. The highest BCUT2D eigenvalue weighted by Crippen LogP contribution is 2.30. The Morgan fingerprint density at radius 3 is 2.67 bits per heavy atom. The molecule has 0 spiro atoms. The molecule has 0 aliphatic carbocycles. The minimum Gasteiger partial charge on any atom is -0.383 e. The van der Waals surface area contributed by atoms with Crippen LogP contribution in [0.3, 0.4) is 0 Å². The van der Waals surface area contributed by atoms with Gasteiger partial charge in [0.25, 0.3) is 5.56 Å². The summed E-state index contributed by atoms with van der Waals surface area (Å²) in [6.07, 6.45) is 0. The molecule has 2 aromatic carbocycles. The standard InChI is InChI=1S/C26H30ClN7O2/c1-17-4-7-22-19(14-17)15-21(26(35)28-22)24(25-29-30-31-34(25)12-13-36-3)33-10-8-32(9-11-33)23-16-20(27)6-5-18(23)2/h4-7,14-16,24H,8-13H2,1-3H3,(H,28,35)/t24-/m0/s1. The first-order valence-corrected chi connectivity index (χ1v) is 12.5. The van der Waals surface area contributed by atoms with Gasteiger partial charge in [0.15, 0.2) is 5.82 Å². The molecule has 0 unspecified atom stereocenters. The maximum absolute atomic E-state index is 13.4. The maximum Gasteiger partial charge on any atom is 0.253 e. The second-order valence-corrected chi connectivity index (χ2v) is 9.69. The van der Waals surface area contributed by atoms with E-state index >= 15 is 0 Å². The van der Waals surface area contributed by atoms with Gasteiger partial charge in [0, 0.05) is 55.1 Å².